The molecule has 0 aliphatic rings. The monoisotopic (exact) mass is 196 g/mol. The molecule has 5 nitrogen and oxygen atoms in total. The average Bonchev–Trinajstić information content (AvgIpc) is 2.16. The van der Waals surface area contributed by atoms with Gasteiger partial charge in [0.25, 0.3) is 0 Å². The number of rotatable bonds is 3. The Morgan fingerprint density at radius 2 is 2.21 bits per heavy atom. The molecule has 2 atom stereocenters. The topological polar surface area (TPSA) is 96.4 Å². The molecule has 0 fully saturated rings. The number of hydrogen-bond acceptors (Lipinski definition) is 4. The Bertz CT molecular complexity index is 321. The molecule has 1 aromatic heterocycles. The third kappa shape index (κ3) is 2.27. The van der Waals surface area contributed by atoms with Crippen LogP contribution in [-0.2, 0) is 0 Å². The summed E-state index contributed by atoms with van der Waals surface area (Å²) in [4.78, 5) is 14.2. The summed E-state index contributed by atoms with van der Waals surface area (Å²) < 4.78 is 0. The SMILES string of the molecule is C[C@H](O)[C@@H](N)c1ccc(C(=O)O)nc1. The molecule has 0 radical (unpaired) electrons. The van der Waals surface area contributed by atoms with E-state index in [4.69, 9.17) is 10.8 Å². The van der Waals surface area contributed by atoms with Crippen molar-refractivity contribution in [1.82, 2.24) is 4.98 Å². The van der Waals surface area contributed by atoms with Crippen LogP contribution in [0.4, 0.5) is 0 Å². The molecule has 14 heavy (non-hydrogen) atoms. The summed E-state index contributed by atoms with van der Waals surface area (Å²) in [5.41, 5.74) is 6.21. The smallest absolute Gasteiger partial charge is 0.354 e. The maximum Gasteiger partial charge on any atom is 0.354 e. The molecule has 0 aliphatic carbocycles. The molecule has 0 aliphatic heterocycles. The van der Waals surface area contributed by atoms with Crippen LogP contribution in [0.25, 0.3) is 0 Å². The van der Waals surface area contributed by atoms with Gasteiger partial charge >= 0.3 is 5.97 Å². The molecule has 0 aromatic carbocycles. The molecule has 5 heteroatoms. The highest BCUT2D eigenvalue weighted by molar-refractivity contribution is 5.85. The summed E-state index contributed by atoms with van der Waals surface area (Å²) in [6.45, 7) is 1.57. The molecule has 0 saturated heterocycles. The van der Waals surface area contributed by atoms with Gasteiger partial charge in [-0.25, -0.2) is 9.78 Å². The van der Waals surface area contributed by atoms with Crippen molar-refractivity contribution in [1.29, 1.82) is 0 Å². The van der Waals surface area contributed by atoms with Crippen molar-refractivity contribution in [3.63, 3.8) is 0 Å². The number of aromatic nitrogens is 1. The molecule has 0 spiro atoms. The molecular weight excluding hydrogens is 184 g/mol. The number of carbonyl (C=O) groups is 1. The summed E-state index contributed by atoms with van der Waals surface area (Å²) in [5.74, 6) is -1.08. The number of hydrogen-bond donors (Lipinski definition) is 3. The quantitative estimate of drug-likeness (QED) is 0.639. The largest absolute Gasteiger partial charge is 0.477 e. The van der Waals surface area contributed by atoms with Crippen LogP contribution >= 0.6 is 0 Å². The van der Waals surface area contributed by atoms with Gasteiger partial charge < -0.3 is 15.9 Å². The van der Waals surface area contributed by atoms with Crippen LogP contribution in [0.15, 0.2) is 18.3 Å². The van der Waals surface area contributed by atoms with Crippen LogP contribution in [0.1, 0.15) is 29.0 Å². The van der Waals surface area contributed by atoms with Gasteiger partial charge in [0.05, 0.1) is 12.1 Å². The van der Waals surface area contributed by atoms with Gasteiger partial charge in [0.15, 0.2) is 0 Å². The first-order chi connectivity index (χ1) is 6.52. The molecule has 1 heterocycles. The van der Waals surface area contributed by atoms with E-state index in [1.54, 1.807) is 13.0 Å². The van der Waals surface area contributed by atoms with Crippen LogP contribution in [0.3, 0.4) is 0 Å². The fourth-order valence-corrected chi connectivity index (χ4v) is 1.01. The van der Waals surface area contributed by atoms with Gasteiger partial charge in [-0.15, -0.1) is 0 Å². The van der Waals surface area contributed by atoms with E-state index < -0.39 is 18.1 Å². The first-order valence-corrected chi connectivity index (χ1v) is 4.15. The van der Waals surface area contributed by atoms with Crippen molar-refractivity contribution in [3.8, 4) is 0 Å². The zero-order valence-electron chi connectivity index (χ0n) is 7.71. The van der Waals surface area contributed by atoms with E-state index in [9.17, 15) is 9.90 Å². The van der Waals surface area contributed by atoms with Crippen molar-refractivity contribution in [3.05, 3.63) is 29.6 Å². The molecular formula is C9H12N2O3. The van der Waals surface area contributed by atoms with Crippen LogP contribution in [0.2, 0.25) is 0 Å². The fraction of sp³-hybridized carbons (Fsp3) is 0.333. The number of nitrogens with zero attached hydrogens (tertiary/aromatic N) is 1. The van der Waals surface area contributed by atoms with E-state index in [1.165, 1.54) is 12.3 Å². The molecule has 1 rings (SSSR count). The van der Waals surface area contributed by atoms with E-state index in [1.807, 2.05) is 0 Å². The van der Waals surface area contributed by atoms with Crippen molar-refractivity contribution in [2.45, 2.75) is 19.1 Å². The highest BCUT2D eigenvalue weighted by Gasteiger charge is 2.13. The summed E-state index contributed by atoms with van der Waals surface area (Å²) in [5, 5.41) is 17.8. The van der Waals surface area contributed by atoms with Gasteiger partial charge in [0.1, 0.15) is 5.69 Å². The second-order valence-corrected chi connectivity index (χ2v) is 3.05. The highest BCUT2D eigenvalue weighted by Crippen LogP contribution is 2.12. The lowest BCUT2D eigenvalue weighted by atomic mass is 10.1. The predicted molar refractivity (Wildman–Crippen MR) is 49.8 cm³/mol. The number of aliphatic hydroxyl groups excluding tert-OH is 1. The number of carboxylic acids is 1. The third-order valence-corrected chi connectivity index (χ3v) is 1.91. The van der Waals surface area contributed by atoms with Crippen LogP contribution in [-0.4, -0.2) is 27.3 Å². The van der Waals surface area contributed by atoms with E-state index >= 15 is 0 Å². The standard InChI is InChI=1S/C9H12N2O3/c1-5(12)8(10)6-2-3-7(9(13)14)11-4-6/h2-5,8,12H,10H2,1H3,(H,13,14)/t5-,8+/m0/s1. The maximum absolute atomic E-state index is 10.5. The predicted octanol–water partition coefficient (Wildman–Crippen LogP) is 0.160. The van der Waals surface area contributed by atoms with E-state index in [0.29, 0.717) is 5.56 Å². The molecule has 0 amide bonds. The number of aliphatic hydroxyl groups is 1. The molecule has 0 unspecified atom stereocenters. The zero-order valence-corrected chi connectivity index (χ0v) is 7.71. The maximum atomic E-state index is 10.5. The average molecular weight is 196 g/mol. The lowest BCUT2D eigenvalue weighted by molar-refractivity contribution is 0.0690. The number of nitrogens with two attached hydrogens (primary N) is 1. The zero-order chi connectivity index (χ0) is 10.7. The van der Waals surface area contributed by atoms with Crippen molar-refractivity contribution >= 4 is 5.97 Å². The molecule has 1 aromatic rings. The third-order valence-electron chi connectivity index (χ3n) is 1.91. The normalized spacial score (nSPS) is 14.8. The minimum Gasteiger partial charge on any atom is -0.477 e. The van der Waals surface area contributed by atoms with Gasteiger partial charge in [-0.05, 0) is 18.6 Å². The highest BCUT2D eigenvalue weighted by atomic mass is 16.4. The van der Waals surface area contributed by atoms with Crippen molar-refractivity contribution < 1.29 is 15.0 Å². The summed E-state index contributed by atoms with van der Waals surface area (Å²) >= 11 is 0. The Balaban J connectivity index is 2.88. The summed E-state index contributed by atoms with van der Waals surface area (Å²) in [6, 6.07) is 2.37. The number of aromatic carboxylic acids is 1. The number of pyridine rings is 1. The van der Waals surface area contributed by atoms with E-state index in [0.717, 1.165) is 0 Å². The summed E-state index contributed by atoms with van der Waals surface area (Å²) in [6.07, 6.45) is 0.674. The second-order valence-electron chi connectivity index (χ2n) is 3.05. The van der Waals surface area contributed by atoms with Crippen molar-refractivity contribution in [2.24, 2.45) is 5.73 Å². The molecule has 0 saturated carbocycles. The Hall–Kier alpha value is -1.46. The lowest BCUT2D eigenvalue weighted by Crippen LogP contribution is -2.23. The first-order valence-electron chi connectivity index (χ1n) is 4.15. The van der Waals surface area contributed by atoms with Crippen LogP contribution in [0.5, 0.6) is 0 Å². The van der Waals surface area contributed by atoms with Gasteiger partial charge in [0.2, 0.25) is 0 Å². The minimum atomic E-state index is -1.08. The van der Waals surface area contributed by atoms with Crippen LogP contribution in [0, 0.1) is 0 Å². The fourth-order valence-electron chi connectivity index (χ4n) is 1.01. The molecule has 4 N–H and O–H groups in total. The molecule has 0 bridgehead atoms. The lowest BCUT2D eigenvalue weighted by Gasteiger charge is -2.14. The van der Waals surface area contributed by atoms with Gasteiger partial charge in [-0.1, -0.05) is 6.07 Å². The first kappa shape index (κ1) is 10.6. The Kier molecular flexibility index (Phi) is 3.16. The van der Waals surface area contributed by atoms with Gasteiger partial charge in [-0.3, -0.25) is 0 Å². The van der Waals surface area contributed by atoms with Gasteiger partial charge in [-0.2, -0.15) is 0 Å². The summed E-state index contributed by atoms with van der Waals surface area (Å²) in [7, 11) is 0. The Morgan fingerprint density at radius 3 is 2.57 bits per heavy atom. The Labute approximate surface area is 81.2 Å². The molecule has 76 valence electrons. The number of carboxylic acid groups (broad SMARTS) is 1. The van der Waals surface area contributed by atoms with Gasteiger partial charge in [0, 0.05) is 6.20 Å². The van der Waals surface area contributed by atoms with Crippen molar-refractivity contribution in [2.75, 3.05) is 0 Å². The Morgan fingerprint density at radius 1 is 1.57 bits per heavy atom. The minimum absolute atomic E-state index is 0.0356. The second kappa shape index (κ2) is 4.17. The van der Waals surface area contributed by atoms with E-state index in [-0.39, 0.29) is 5.69 Å². The van der Waals surface area contributed by atoms with E-state index in [2.05, 4.69) is 4.98 Å². The van der Waals surface area contributed by atoms with Crippen LogP contribution < -0.4 is 5.73 Å².